The molecule has 2 N–H and O–H groups in total. The molecule has 0 aliphatic rings. The highest BCUT2D eigenvalue weighted by molar-refractivity contribution is 7.89. The second kappa shape index (κ2) is 6.70. The third kappa shape index (κ3) is 3.93. The van der Waals surface area contributed by atoms with E-state index in [-0.39, 0.29) is 10.5 Å². The molecular formula is C13H20N4O2S. The molecule has 20 heavy (non-hydrogen) atoms. The van der Waals surface area contributed by atoms with Crippen molar-refractivity contribution < 1.29 is 8.42 Å². The molecule has 1 rings (SSSR count). The van der Waals surface area contributed by atoms with Crippen LogP contribution in [0.5, 0.6) is 0 Å². The van der Waals surface area contributed by atoms with E-state index in [2.05, 4.69) is 0 Å². The van der Waals surface area contributed by atoms with Crippen molar-refractivity contribution in [3.63, 3.8) is 0 Å². The molecule has 0 atom stereocenters. The lowest BCUT2D eigenvalue weighted by atomic mass is 10.2. The molecule has 0 saturated heterocycles. The fraction of sp³-hybridized carbons (Fsp3) is 0.462. The van der Waals surface area contributed by atoms with Crippen molar-refractivity contribution >= 4 is 15.7 Å². The van der Waals surface area contributed by atoms with E-state index in [4.69, 9.17) is 11.0 Å². The van der Waals surface area contributed by atoms with E-state index >= 15 is 0 Å². The quantitative estimate of drug-likeness (QED) is 0.781. The highest BCUT2D eigenvalue weighted by Crippen LogP contribution is 2.21. The summed E-state index contributed by atoms with van der Waals surface area (Å²) in [5, 5.41) is 9.04. The Morgan fingerprint density at radius 1 is 1.25 bits per heavy atom. The molecule has 0 bridgehead atoms. The van der Waals surface area contributed by atoms with Crippen molar-refractivity contribution in [2.45, 2.75) is 11.3 Å². The Balaban J connectivity index is 2.96. The van der Waals surface area contributed by atoms with Gasteiger partial charge in [-0.2, -0.15) is 5.26 Å². The number of nitrogens with two attached hydrogens (primary N) is 1. The van der Waals surface area contributed by atoms with Crippen LogP contribution in [0.4, 0.5) is 5.69 Å². The molecule has 7 heteroatoms. The third-order valence-electron chi connectivity index (χ3n) is 2.89. The Kier molecular flexibility index (Phi) is 5.51. The summed E-state index contributed by atoms with van der Waals surface area (Å²) in [6.07, 6.45) is 0.722. The van der Waals surface area contributed by atoms with E-state index < -0.39 is 10.0 Å². The molecule has 1 aromatic rings. The first-order valence-corrected chi connectivity index (χ1v) is 7.63. The van der Waals surface area contributed by atoms with Crippen LogP contribution in [0.25, 0.3) is 0 Å². The Hall–Kier alpha value is -1.62. The summed E-state index contributed by atoms with van der Waals surface area (Å²) >= 11 is 0. The predicted molar refractivity (Wildman–Crippen MR) is 78.6 cm³/mol. The monoisotopic (exact) mass is 296 g/mol. The first kappa shape index (κ1) is 16.4. The highest BCUT2D eigenvalue weighted by atomic mass is 32.2. The van der Waals surface area contributed by atoms with Gasteiger partial charge in [-0.05, 0) is 45.3 Å². The second-order valence-electron chi connectivity index (χ2n) is 4.85. The van der Waals surface area contributed by atoms with Crippen LogP contribution in [-0.2, 0) is 10.0 Å². The molecule has 1 aromatic carbocycles. The molecule has 0 radical (unpaired) electrons. The van der Waals surface area contributed by atoms with Crippen LogP contribution >= 0.6 is 0 Å². The Labute approximate surface area is 120 Å². The van der Waals surface area contributed by atoms with E-state index in [1.54, 1.807) is 0 Å². The van der Waals surface area contributed by atoms with Crippen molar-refractivity contribution in [2.75, 3.05) is 40.0 Å². The van der Waals surface area contributed by atoms with Gasteiger partial charge in [-0.25, -0.2) is 12.7 Å². The van der Waals surface area contributed by atoms with Gasteiger partial charge >= 0.3 is 0 Å². The number of hydrogen-bond donors (Lipinski definition) is 1. The smallest absolute Gasteiger partial charge is 0.244 e. The predicted octanol–water partition coefficient (Wildman–Crippen LogP) is 0.713. The van der Waals surface area contributed by atoms with E-state index in [1.807, 2.05) is 25.1 Å². The number of rotatable bonds is 6. The van der Waals surface area contributed by atoms with Gasteiger partial charge in [0.15, 0.2) is 0 Å². The minimum Gasteiger partial charge on any atom is -0.399 e. The fourth-order valence-electron chi connectivity index (χ4n) is 1.76. The fourth-order valence-corrected chi connectivity index (χ4v) is 3.09. The molecule has 0 aliphatic heterocycles. The molecule has 6 nitrogen and oxygen atoms in total. The Morgan fingerprint density at radius 3 is 2.45 bits per heavy atom. The lowest BCUT2D eigenvalue weighted by Gasteiger charge is -2.19. The number of anilines is 1. The van der Waals surface area contributed by atoms with Gasteiger partial charge < -0.3 is 10.6 Å². The first-order valence-electron chi connectivity index (χ1n) is 6.19. The molecule has 110 valence electrons. The van der Waals surface area contributed by atoms with Crippen LogP contribution in [0.15, 0.2) is 23.1 Å². The number of nitrogen functional groups attached to an aromatic ring is 1. The molecule has 0 heterocycles. The summed E-state index contributed by atoms with van der Waals surface area (Å²) in [6.45, 7) is 1.20. The van der Waals surface area contributed by atoms with Gasteiger partial charge in [0.1, 0.15) is 11.0 Å². The first-order chi connectivity index (χ1) is 9.28. The molecule has 0 spiro atoms. The average molecular weight is 296 g/mol. The molecule has 0 saturated carbocycles. The van der Waals surface area contributed by atoms with Crippen LogP contribution in [0, 0.1) is 11.3 Å². The van der Waals surface area contributed by atoms with Crippen LogP contribution < -0.4 is 5.73 Å². The third-order valence-corrected chi connectivity index (χ3v) is 4.81. The number of benzene rings is 1. The number of hydrogen-bond acceptors (Lipinski definition) is 5. The largest absolute Gasteiger partial charge is 0.399 e. The molecule has 0 fully saturated rings. The van der Waals surface area contributed by atoms with E-state index in [0.717, 1.165) is 13.0 Å². The van der Waals surface area contributed by atoms with E-state index in [1.165, 1.54) is 29.6 Å². The molecule has 0 aromatic heterocycles. The van der Waals surface area contributed by atoms with Gasteiger partial charge in [0.2, 0.25) is 10.0 Å². The topological polar surface area (TPSA) is 90.4 Å². The second-order valence-corrected chi connectivity index (χ2v) is 6.86. The number of nitrogens with zero attached hydrogens (tertiary/aromatic N) is 3. The van der Waals surface area contributed by atoms with E-state index in [9.17, 15) is 8.42 Å². The Bertz CT molecular complexity index is 605. The highest BCUT2D eigenvalue weighted by Gasteiger charge is 2.23. The minimum atomic E-state index is -3.66. The Morgan fingerprint density at radius 2 is 1.90 bits per heavy atom. The molecule has 0 unspecified atom stereocenters. The van der Waals surface area contributed by atoms with Crippen LogP contribution in [-0.4, -0.2) is 51.9 Å². The lowest BCUT2D eigenvalue weighted by Crippen LogP contribution is -2.30. The van der Waals surface area contributed by atoms with Crippen molar-refractivity contribution in [3.05, 3.63) is 23.8 Å². The maximum absolute atomic E-state index is 12.4. The zero-order valence-corrected chi connectivity index (χ0v) is 12.8. The summed E-state index contributed by atoms with van der Waals surface area (Å²) < 4.78 is 26.1. The number of sulfonamides is 1. The van der Waals surface area contributed by atoms with Crippen molar-refractivity contribution in [2.24, 2.45) is 0 Å². The van der Waals surface area contributed by atoms with Crippen molar-refractivity contribution in [1.82, 2.24) is 9.21 Å². The maximum atomic E-state index is 12.4. The average Bonchev–Trinajstić information content (AvgIpc) is 2.37. The SMILES string of the molecule is CN(C)CCCN(C)S(=O)(=O)c1ccc(N)cc1C#N. The summed E-state index contributed by atoms with van der Waals surface area (Å²) in [6, 6.07) is 6.12. The van der Waals surface area contributed by atoms with Gasteiger partial charge in [-0.15, -0.1) is 0 Å². The molecular weight excluding hydrogens is 276 g/mol. The van der Waals surface area contributed by atoms with Crippen molar-refractivity contribution in [1.29, 1.82) is 5.26 Å². The summed E-state index contributed by atoms with van der Waals surface area (Å²) in [4.78, 5) is 1.99. The maximum Gasteiger partial charge on any atom is 0.244 e. The van der Waals surface area contributed by atoms with Crippen LogP contribution in [0.2, 0.25) is 0 Å². The summed E-state index contributed by atoms with van der Waals surface area (Å²) in [5.41, 5.74) is 6.02. The zero-order chi connectivity index (χ0) is 15.3. The van der Waals surface area contributed by atoms with Gasteiger partial charge in [0.05, 0.1) is 5.56 Å². The minimum absolute atomic E-state index is 0.00144. The van der Waals surface area contributed by atoms with Gasteiger partial charge in [0, 0.05) is 19.3 Å². The lowest BCUT2D eigenvalue weighted by molar-refractivity contribution is 0.370. The van der Waals surface area contributed by atoms with Gasteiger partial charge in [-0.3, -0.25) is 0 Å². The number of nitriles is 1. The van der Waals surface area contributed by atoms with Crippen molar-refractivity contribution in [3.8, 4) is 6.07 Å². The van der Waals surface area contributed by atoms with Crippen LogP contribution in [0.1, 0.15) is 12.0 Å². The van der Waals surface area contributed by atoms with Gasteiger partial charge in [0.25, 0.3) is 0 Å². The zero-order valence-electron chi connectivity index (χ0n) is 12.0. The van der Waals surface area contributed by atoms with Gasteiger partial charge in [-0.1, -0.05) is 0 Å². The van der Waals surface area contributed by atoms with E-state index in [0.29, 0.717) is 12.2 Å². The standard InChI is InChI=1S/C13H20N4O2S/c1-16(2)7-4-8-17(3)20(18,19)13-6-5-12(15)9-11(13)10-14/h5-6,9H,4,7-8,15H2,1-3H3. The summed E-state index contributed by atoms with van der Waals surface area (Å²) in [7, 11) is 1.72. The normalized spacial score (nSPS) is 11.8. The molecule has 0 aliphatic carbocycles. The molecule has 0 amide bonds. The van der Waals surface area contributed by atoms with Crippen LogP contribution in [0.3, 0.4) is 0 Å². The summed E-state index contributed by atoms with van der Waals surface area (Å²) in [5.74, 6) is 0.